The molecule has 0 radical (unpaired) electrons. The van der Waals surface area contributed by atoms with Crippen LogP contribution in [0.1, 0.15) is 16.2 Å². The minimum atomic E-state index is 0.573. The highest BCUT2D eigenvalue weighted by molar-refractivity contribution is 8.01. The lowest BCUT2D eigenvalue weighted by atomic mass is 10.4. The molecule has 3 heterocycles. The summed E-state index contributed by atoms with van der Waals surface area (Å²) in [6, 6.07) is 5.66. The molecule has 0 amide bonds. The van der Waals surface area contributed by atoms with Gasteiger partial charge in [0.05, 0.1) is 0 Å². The second kappa shape index (κ2) is 4.55. The number of aromatic nitrogens is 3. The SMILES string of the molecule is Cc1csc(Sc2nc3ccccn3c2C=O)n1. The molecular formula is C12H9N3OS2. The molecule has 3 aromatic heterocycles. The van der Waals surface area contributed by atoms with Crippen LogP contribution in [0, 0.1) is 6.92 Å². The van der Waals surface area contributed by atoms with Crippen LogP contribution in [0.5, 0.6) is 0 Å². The van der Waals surface area contributed by atoms with Crippen molar-refractivity contribution in [1.29, 1.82) is 0 Å². The molecule has 0 N–H and O–H groups in total. The normalized spacial score (nSPS) is 10.9. The average molecular weight is 275 g/mol. The van der Waals surface area contributed by atoms with Crippen LogP contribution in [0.2, 0.25) is 0 Å². The first-order valence-corrected chi connectivity index (χ1v) is 7.00. The Hall–Kier alpha value is -1.66. The van der Waals surface area contributed by atoms with Gasteiger partial charge in [0.1, 0.15) is 16.4 Å². The summed E-state index contributed by atoms with van der Waals surface area (Å²) in [4.78, 5) is 20.0. The number of carbonyl (C=O) groups is 1. The highest BCUT2D eigenvalue weighted by Crippen LogP contribution is 2.31. The van der Waals surface area contributed by atoms with Crippen LogP contribution in [-0.2, 0) is 0 Å². The molecule has 0 aliphatic carbocycles. The van der Waals surface area contributed by atoms with Gasteiger partial charge in [0, 0.05) is 17.3 Å². The summed E-state index contributed by atoms with van der Waals surface area (Å²) in [5.74, 6) is 0. The number of fused-ring (bicyclic) bond motifs is 1. The summed E-state index contributed by atoms with van der Waals surface area (Å²) in [5, 5.41) is 2.68. The fourth-order valence-electron chi connectivity index (χ4n) is 1.64. The van der Waals surface area contributed by atoms with Crippen LogP contribution < -0.4 is 0 Å². The third-order valence-corrected chi connectivity index (χ3v) is 4.48. The lowest BCUT2D eigenvalue weighted by Gasteiger charge is -1.94. The van der Waals surface area contributed by atoms with Gasteiger partial charge >= 0.3 is 0 Å². The summed E-state index contributed by atoms with van der Waals surface area (Å²) in [6.07, 6.45) is 2.67. The van der Waals surface area contributed by atoms with E-state index in [9.17, 15) is 4.79 Å². The van der Waals surface area contributed by atoms with Gasteiger partial charge in [-0.2, -0.15) is 0 Å². The number of imidazole rings is 1. The number of hydrogen-bond donors (Lipinski definition) is 0. The topological polar surface area (TPSA) is 47.3 Å². The Morgan fingerprint density at radius 1 is 1.39 bits per heavy atom. The third kappa shape index (κ3) is 1.93. The molecule has 18 heavy (non-hydrogen) atoms. The highest BCUT2D eigenvalue weighted by atomic mass is 32.2. The Morgan fingerprint density at radius 3 is 3.00 bits per heavy atom. The van der Waals surface area contributed by atoms with Gasteiger partial charge in [0.15, 0.2) is 10.6 Å². The van der Waals surface area contributed by atoms with Crippen molar-refractivity contribution in [3.05, 3.63) is 41.2 Å². The molecule has 0 aromatic carbocycles. The maximum absolute atomic E-state index is 11.2. The lowest BCUT2D eigenvalue weighted by molar-refractivity contribution is 0.111. The van der Waals surface area contributed by atoms with Crippen LogP contribution in [-0.4, -0.2) is 20.7 Å². The van der Waals surface area contributed by atoms with E-state index in [-0.39, 0.29) is 0 Å². The second-order valence-corrected chi connectivity index (χ2v) is 5.80. The molecule has 3 aromatic rings. The zero-order chi connectivity index (χ0) is 12.5. The van der Waals surface area contributed by atoms with Crippen molar-refractivity contribution in [3.63, 3.8) is 0 Å². The summed E-state index contributed by atoms with van der Waals surface area (Å²) in [5.41, 5.74) is 2.33. The van der Waals surface area contributed by atoms with Gasteiger partial charge in [-0.25, -0.2) is 9.97 Å². The number of rotatable bonds is 3. The Morgan fingerprint density at radius 2 is 2.28 bits per heavy atom. The number of nitrogens with zero attached hydrogens (tertiary/aromatic N) is 3. The maximum atomic E-state index is 11.2. The molecule has 0 aliphatic heterocycles. The molecule has 0 aliphatic rings. The van der Waals surface area contributed by atoms with Crippen molar-refractivity contribution in [2.45, 2.75) is 16.3 Å². The minimum absolute atomic E-state index is 0.573. The van der Waals surface area contributed by atoms with Crippen molar-refractivity contribution in [2.24, 2.45) is 0 Å². The third-order valence-electron chi connectivity index (χ3n) is 2.43. The van der Waals surface area contributed by atoms with E-state index >= 15 is 0 Å². The maximum Gasteiger partial charge on any atom is 0.169 e. The zero-order valence-electron chi connectivity index (χ0n) is 9.53. The first kappa shape index (κ1) is 11.4. The Bertz CT molecular complexity index is 717. The summed E-state index contributed by atoms with van der Waals surface area (Å²) < 4.78 is 2.69. The Kier molecular flexibility index (Phi) is 2.89. The van der Waals surface area contributed by atoms with Crippen LogP contribution in [0.4, 0.5) is 0 Å². The van der Waals surface area contributed by atoms with Crippen molar-refractivity contribution >= 4 is 35.0 Å². The number of thiazole rings is 1. The predicted molar refractivity (Wildman–Crippen MR) is 71.6 cm³/mol. The number of aryl methyl sites for hydroxylation is 1. The molecule has 6 heteroatoms. The van der Waals surface area contributed by atoms with E-state index in [0.717, 1.165) is 22.0 Å². The van der Waals surface area contributed by atoms with E-state index < -0.39 is 0 Å². The minimum Gasteiger partial charge on any atom is -0.296 e. The number of aldehydes is 1. The Balaban J connectivity index is 2.08. The fraction of sp³-hybridized carbons (Fsp3) is 0.0833. The lowest BCUT2D eigenvalue weighted by Crippen LogP contribution is -1.90. The largest absolute Gasteiger partial charge is 0.296 e. The van der Waals surface area contributed by atoms with Crippen molar-refractivity contribution in [1.82, 2.24) is 14.4 Å². The van der Waals surface area contributed by atoms with Crippen molar-refractivity contribution in [3.8, 4) is 0 Å². The standard InChI is InChI=1S/C12H9N3OS2/c1-8-7-17-12(13-8)18-11-9(6-16)15-5-3-2-4-10(15)14-11/h2-7H,1H3. The predicted octanol–water partition coefficient (Wildman–Crippen LogP) is 3.06. The summed E-state index contributed by atoms with van der Waals surface area (Å²) in [6.45, 7) is 1.95. The molecule has 0 saturated heterocycles. The van der Waals surface area contributed by atoms with Crippen LogP contribution in [0.15, 0.2) is 39.1 Å². The van der Waals surface area contributed by atoms with E-state index in [4.69, 9.17) is 0 Å². The number of pyridine rings is 1. The molecule has 0 bridgehead atoms. The molecule has 0 unspecified atom stereocenters. The Labute approximate surface area is 112 Å². The summed E-state index contributed by atoms with van der Waals surface area (Å²) in [7, 11) is 0. The molecule has 0 atom stereocenters. The molecule has 0 spiro atoms. The van der Waals surface area contributed by atoms with Gasteiger partial charge in [-0.1, -0.05) is 6.07 Å². The molecule has 0 saturated carbocycles. The first-order valence-electron chi connectivity index (χ1n) is 5.30. The number of hydrogen-bond acceptors (Lipinski definition) is 5. The van der Waals surface area contributed by atoms with Gasteiger partial charge < -0.3 is 0 Å². The smallest absolute Gasteiger partial charge is 0.169 e. The second-order valence-electron chi connectivity index (χ2n) is 3.71. The van der Waals surface area contributed by atoms with Gasteiger partial charge in [0.2, 0.25) is 0 Å². The molecule has 4 nitrogen and oxygen atoms in total. The fourth-order valence-corrected chi connectivity index (χ4v) is 3.48. The van der Waals surface area contributed by atoms with Gasteiger partial charge in [-0.3, -0.25) is 9.20 Å². The molecule has 3 rings (SSSR count). The quantitative estimate of drug-likeness (QED) is 0.689. The van der Waals surface area contributed by atoms with Crippen LogP contribution in [0.3, 0.4) is 0 Å². The van der Waals surface area contributed by atoms with Gasteiger partial charge in [0.25, 0.3) is 0 Å². The monoisotopic (exact) mass is 275 g/mol. The van der Waals surface area contributed by atoms with Crippen molar-refractivity contribution < 1.29 is 4.79 Å². The average Bonchev–Trinajstić information content (AvgIpc) is 2.92. The van der Waals surface area contributed by atoms with E-state index in [1.165, 1.54) is 11.8 Å². The van der Waals surface area contributed by atoms with Gasteiger partial charge in [-0.15, -0.1) is 11.3 Å². The van der Waals surface area contributed by atoms with E-state index in [1.807, 2.05) is 36.7 Å². The highest BCUT2D eigenvalue weighted by Gasteiger charge is 2.13. The van der Waals surface area contributed by atoms with E-state index in [2.05, 4.69) is 9.97 Å². The van der Waals surface area contributed by atoms with E-state index in [0.29, 0.717) is 10.7 Å². The molecular weight excluding hydrogens is 266 g/mol. The summed E-state index contributed by atoms with van der Waals surface area (Å²) >= 11 is 2.99. The molecule has 0 fully saturated rings. The van der Waals surface area contributed by atoms with Crippen LogP contribution >= 0.6 is 23.1 Å². The molecule has 90 valence electrons. The zero-order valence-corrected chi connectivity index (χ0v) is 11.2. The van der Waals surface area contributed by atoms with Crippen LogP contribution in [0.25, 0.3) is 5.65 Å². The van der Waals surface area contributed by atoms with E-state index in [1.54, 1.807) is 15.7 Å². The van der Waals surface area contributed by atoms with Crippen molar-refractivity contribution in [2.75, 3.05) is 0 Å². The number of carbonyl (C=O) groups excluding carboxylic acids is 1. The first-order chi connectivity index (χ1) is 8.78. The van der Waals surface area contributed by atoms with Gasteiger partial charge in [-0.05, 0) is 30.8 Å².